The van der Waals surface area contributed by atoms with Gasteiger partial charge in [-0.3, -0.25) is 4.79 Å². The predicted octanol–water partition coefficient (Wildman–Crippen LogP) is 1.79. The average molecular weight is 255 g/mol. The molecule has 0 saturated carbocycles. The number of carbonyl (C=O) groups excluding carboxylic acids is 1. The Bertz CT molecular complexity index is 178. The van der Waals surface area contributed by atoms with Crippen LogP contribution in [0.5, 0.6) is 0 Å². The fraction of sp³-hybridized carbons (Fsp3) is 0.900. The summed E-state index contributed by atoms with van der Waals surface area (Å²) in [5.74, 6) is 0.0895. The van der Waals surface area contributed by atoms with Gasteiger partial charge in [0.15, 0.2) is 0 Å². The van der Waals surface area contributed by atoms with Crippen molar-refractivity contribution in [1.29, 1.82) is 0 Å². The van der Waals surface area contributed by atoms with Crippen molar-refractivity contribution in [2.75, 3.05) is 12.8 Å². The van der Waals surface area contributed by atoms with Crippen molar-refractivity contribution in [2.45, 2.75) is 44.4 Å². The van der Waals surface area contributed by atoms with E-state index in [0.29, 0.717) is 6.54 Å². The van der Waals surface area contributed by atoms with E-state index in [0.717, 1.165) is 12.8 Å². The van der Waals surface area contributed by atoms with E-state index in [1.807, 2.05) is 13.2 Å². The molecule has 0 aromatic carbocycles. The molecule has 1 amide bonds. The Hall–Kier alpha value is 0.0700. The fourth-order valence-electron chi connectivity index (χ4n) is 1.24. The first kappa shape index (κ1) is 17.5. The van der Waals surface area contributed by atoms with Gasteiger partial charge in [-0.2, -0.15) is 11.8 Å². The van der Waals surface area contributed by atoms with Gasteiger partial charge in [-0.1, -0.05) is 13.8 Å². The SMILES string of the molecule is CCC(CC)(CN)NC(=O)C(C)SC.Cl. The Morgan fingerprint density at radius 2 is 1.93 bits per heavy atom. The second kappa shape index (κ2) is 8.25. The van der Waals surface area contributed by atoms with Crippen LogP contribution in [0, 0.1) is 0 Å². The van der Waals surface area contributed by atoms with Crippen molar-refractivity contribution in [1.82, 2.24) is 5.32 Å². The first-order valence-corrected chi connectivity index (χ1v) is 6.39. The molecule has 1 unspecified atom stereocenters. The molecule has 0 heterocycles. The molecule has 0 aliphatic heterocycles. The van der Waals surface area contributed by atoms with Crippen LogP contribution in [0.1, 0.15) is 33.6 Å². The van der Waals surface area contributed by atoms with E-state index in [9.17, 15) is 4.79 Å². The number of carbonyl (C=O) groups is 1. The largest absolute Gasteiger partial charge is 0.348 e. The Balaban J connectivity index is 0. The average Bonchev–Trinajstić information content (AvgIpc) is 2.24. The number of amides is 1. The zero-order chi connectivity index (χ0) is 11.2. The molecule has 0 fully saturated rings. The normalized spacial score (nSPS) is 12.9. The smallest absolute Gasteiger partial charge is 0.233 e. The summed E-state index contributed by atoms with van der Waals surface area (Å²) >= 11 is 1.55. The minimum absolute atomic E-state index is 0. The highest BCUT2D eigenvalue weighted by Crippen LogP contribution is 2.15. The number of hydrogen-bond acceptors (Lipinski definition) is 3. The lowest BCUT2D eigenvalue weighted by molar-refractivity contribution is -0.122. The zero-order valence-corrected chi connectivity index (χ0v) is 11.6. The number of nitrogens with two attached hydrogens (primary N) is 1. The molecular weight excluding hydrogens is 232 g/mol. The standard InChI is InChI=1S/C10H22N2OS.ClH/c1-5-10(6-2,7-11)12-9(13)8(3)14-4;/h8H,5-7,11H2,1-4H3,(H,12,13);1H. The van der Waals surface area contributed by atoms with Crippen LogP contribution in [0.2, 0.25) is 0 Å². The van der Waals surface area contributed by atoms with Gasteiger partial charge in [-0.05, 0) is 26.0 Å². The maximum absolute atomic E-state index is 11.7. The van der Waals surface area contributed by atoms with Crippen LogP contribution >= 0.6 is 24.2 Å². The summed E-state index contributed by atoms with van der Waals surface area (Å²) in [4.78, 5) is 11.7. The molecule has 0 radical (unpaired) electrons. The van der Waals surface area contributed by atoms with Gasteiger partial charge >= 0.3 is 0 Å². The number of hydrogen-bond donors (Lipinski definition) is 2. The van der Waals surface area contributed by atoms with Crippen molar-refractivity contribution in [3.8, 4) is 0 Å². The van der Waals surface area contributed by atoms with Crippen LogP contribution in [0.15, 0.2) is 0 Å². The summed E-state index contributed by atoms with van der Waals surface area (Å²) in [7, 11) is 0. The van der Waals surface area contributed by atoms with E-state index >= 15 is 0 Å². The first-order chi connectivity index (χ1) is 6.55. The second-order valence-electron chi connectivity index (χ2n) is 3.56. The predicted molar refractivity (Wildman–Crippen MR) is 70.7 cm³/mol. The Labute approximate surface area is 103 Å². The van der Waals surface area contributed by atoms with Crippen LogP contribution in [0.4, 0.5) is 0 Å². The summed E-state index contributed by atoms with van der Waals surface area (Å²) in [5, 5.41) is 3.04. The van der Waals surface area contributed by atoms with E-state index in [-0.39, 0.29) is 29.1 Å². The van der Waals surface area contributed by atoms with Gasteiger partial charge in [0.05, 0.1) is 10.8 Å². The monoisotopic (exact) mass is 254 g/mol. The van der Waals surface area contributed by atoms with E-state index in [1.54, 1.807) is 11.8 Å². The maximum Gasteiger partial charge on any atom is 0.233 e. The Morgan fingerprint density at radius 1 is 1.47 bits per heavy atom. The molecule has 0 rings (SSSR count). The van der Waals surface area contributed by atoms with E-state index in [1.165, 1.54) is 0 Å². The van der Waals surface area contributed by atoms with Crippen LogP contribution < -0.4 is 11.1 Å². The van der Waals surface area contributed by atoms with Gasteiger partial charge in [-0.25, -0.2) is 0 Å². The molecule has 0 aliphatic carbocycles. The van der Waals surface area contributed by atoms with Crippen LogP contribution in [-0.4, -0.2) is 29.5 Å². The van der Waals surface area contributed by atoms with Gasteiger partial charge in [0, 0.05) is 6.54 Å². The summed E-state index contributed by atoms with van der Waals surface area (Å²) in [6.07, 6.45) is 3.70. The van der Waals surface area contributed by atoms with Crippen molar-refractivity contribution in [3.63, 3.8) is 0 Å². The zero-order valence-electron chi connectivity index (χ0n) is 10.0. The number of nitrogens with one attached hydrogen (secondary N) is 1. The molecule has 3 N–H and O–H groups in total. The molecular formula is C10H23ClN2OS. The molecule has 0 bridgehead atoms. The third-order valence-corrected chi connectivity index (χ3v) is 3.78. The maximum atomic E-state index is 11.7. The highest BCUT2D eigenvalue weighted by molar-refractivity contribution is 7.99. The molecule has 3 nitrogen and oxygen atoms in total. The Kier molecular flexibility index (Phi) is 9.60. The minimum Gasteiger partial charge on any atom is -0.348 e. The van der Waals surface area contributed by atoms with Gasteiger partial charge in [0.25, 0.3) is 0 Å². The molecule has 0 aromatic heterocycles. The molecule has 0 aromatic rings. The number of rotatable bonds is 6. The molecule has 0 saturated heterocycles. The lowest BCUT2D eigenvalue weighted by Crippen LogP contribution is -2.54. The summed E-state index contributed by atoms with van der Waals surface area (Å²) in [6.45, 7) is 6.53. The van der Waals surface area contributed by atoms with E-state index in [4.69, 9.17) is 5.73 Å². The first-order valence-electron chi connectivity index (χ1n) is 5.10. The molecule has 0 spiro atoms. The summed E-state index contributed by atoms with van der Waals surface area (Å²) < 4.78 is 0. The third-order valence-electron chi connectivity index (χ3n) is 2.86. The topological polar surface area (TPSA) is 55.1 Å². The fourth-order valence-corrected chi connectivity index (χ4v) is 1.51. The summed E-state index contributed by atoms with van der Waals surface area (Å²) in [6, 6.07) is 0. The quantitative estimate of drug-likeness (QED) is 0.760. The van der Waals surface area contributed by atoms with E-state index in [2.05, 4.69) is 19.2 Å². The lowest BCUT2D eigenvalue weighted by Gasteiger charge is -2.32. The molecule has 92 valence electrons. The Morgan fingerprint density at radius 3 is 2.20 bits per heavy atom. The molecule has 15 heavy (non-hydrogen) atoms. The van der Waals surface area contributed by atoms with Crippen LogP contribution in [-0.2, 0) is 4.79 Å². The van der Waals surface area contributed by atoms with Crippen LogP contribution in [0.25, 0.3) is 0 Å². The van der Waals surface area contributed by atoms with Crippen molar-refractivity contribution < 1.29 is 4.79 Å². The van der Waals surface area contributed by atoms with Gasteiger partial charge in [0.1, 0.15) is 0 Å². The highest BCUT2D eigenvalue weighted by atomic mass is 35.5. The highest BCUT2D eigenvalue weighted by Gasteiger charge is 2.27. The summed E-state index contributed by atoms with van der Waals surface area (Å²) in [5.41, 5.74) is 5.49. The van der Waals surface area contributed by atoms with Gasteiger partial charge < -0.3 is 11.1 Å². The molecule has 0 aliphatic rings. The van der Waals surface area contributed by atoms with E-state index < -0.39 is 0 Å². The lowest BCUT2D eigenvalue weighted by atomic mass is 9.93. The second-order valence-corrected chi connectivity index (χ2v) is 4.74. The van der Waals surface area contributed by atoms with Crippen LogP contribution in [0.3, 0.4) is 0 Å². The van der Waals surface area contributed by atoms with Crippen molar-refractivity contribution >= 4 is 30.1 Å². The number of halogens is 1. The third kappa shape index (κ3) is 5.09. The minimum atomic E-state index is -0.207. The van der Waals surface area contributed by atoms with Gasteiger partial charge in [-0.15, -0.1) is 12.4 Å². The van der Waals surface area contributed by atoms with Crippen molar-refractivity contribution in [3.05, 3.63) is 0 Å². The molecule has 1 atom stereocenters. The molecule has 5 heteroatoms. The van der Waals surface area contributed by atoms with Crippen molar-refractivity contribution in [2.24, 2.45) is 5.73 Å². The number of thioether (sulfide) groups is 1. The van der Waals surface area contributed by atoms with Gasteiger partial charge in [0.2, 0.25) is 5.91 Å².